The first-order chi connectivity index (χ1) is 9.42. The van der Waals surface area contributed by atoms with E-state index in [0.717, 1.165) is 29.0 Å². The Labute approximate surface area is 121 Å². The van der Waals surface area contributed by atoms with E-state index in [0.29, 0.717) is 4.77 Å². The van der Waals surface area contributed by atoms with Gasteiger partial charge < -0.3 is 9.72 Å². The molecule has 0 fully saturated rings. The van der Waals surface area contributed by atoms with Gasteiger partial charge >= 0.3 is 0 Å². The van der Waals surface area contributed by atoms with E-state index in [4.69, 9.17) is 17.0 Å². The molecular formula is C15H16N2O2S. The molecule has 104 valence electrons. The molecule has 0 saturated carbocycles. The number of nitrogens with one attached hydrogen (secondary N) is 2. The van der Waals surface area contributed by atoms with Crippen molar-refractivity contribution >= 4 is 12.2 Å². The van der Waals surface area contributed by atoms with Crippen molar-refractivity contribution in [2.24, 2.45) is 0 Å². The van der Waals surface area contributed by atoms with Crippen molar-refractivity contribution in [3.05, 3.63) is 44.5 Å². The van der Waals surface area contributed by atoms with Gasteiger partial charge in [0, 0.05) is 16.5 Å². The van der Waals surface area contributed by atoms with Gasteiger partial charge in [0.2, 0.25) is 0 Å². The third-order valence-electron chi connectivity index (χ3n) is 3.84. The van der Waals surface area contributed by atoms with Crippen molar-refractivity contribution < 1.29 is 4.74 Å². The monoisotopic (exact) mass is 288 g/mol. The Morgan fingerprint density at radius 3 is 2.75 bits per heavy atom. The van der Waals surface area contributed by atoms with Gasteiger partial charge in [0.15, 0.2) is 4.77 Å². The SMILES string of the molecule is COc1ccc2c(c1)-c1[nH]c(=S)[nH]c(=O)c1C(C)(C)C2. The second-order valence-electron chi connectivity index (χ2n) is 5.74. The van der Waals surface area contributed by atoms with Crippen molar-refractivity contribution in [3.8, 4) is 17.0 Å². The lowest BCUT2D eigenvalue weighted by molar-refractivity contribution is 0.414. The predicted molar refractivity (Wildman–Crippen MR) is 81.0 cm³/mol. The number of benzene rings is 1. The Kier molecular flexibility index (Phi) is 2.83. The van der Waals surface area contributed by atoms with Gasteiger partial charge in [-0.2, -0.15) is 0 Å². The van der Waals surface area contributed by atoms with Crippen molar-refractivity contribution in [1.82, 2.24) is 9.97 Å². The second-order valence-corrected chi connectivity index (χ2v) is 6.15. The van der Waals surface area contributed by atoms with E-state index in [1.165, 1.54) is 5.56 Å². The highest BCUT2D eigenvalue weighted by atomic mass is 32.1. The molecule has 0 saturated heterocycles. The summed E-state index contributed by atoms with van der Waals surface area (Å²) in [6, 6.07) is 5.95. The van der Waals surface area contributed by atoms with Crippen LogP contribution in [0.15, 0.2) is 23.0 Å². The summed E-state index contributed by atoms with van der Waals surface area (Å²) < 4.78 is 5.63. The standard InChI is InChI=1S/C15H16N2O2S/c1-15(2)7-8-4-5-9(19-3)6-10(8)12-11(15)13(18)17-14(20)16-12/h4-6H,7H2,1-3H3,(H2,16,17,18,20). The van der Waals surface area contributed by atoms with Gasteiger partial charge in [-0.1, -0.05) is 19.9 Å². The van der Waals surface area contributed by atoms with Crippen LogP contribution in [0.2, 0.25) is 0 Å². The number of rotatable bonds is 1. The van der Waals surface area contributed by atoms with Crippen molar-refractivity contribution in [2.45, 2.75) is 25.7 Å². The number of hydrogen-bond donors (Lipinski definition) is 2. The fraction of sp³-hybridized carbons (Fsp3) is 0.333. The molecule has 0 bridgehead atoms. The highest BCUT2D eigenvalue weighted by molar-refractivity contribution is 7.71. The molecule has 3 rings (SSSR count). The van der Waals surface area contributed by atoms with Gasteiger partial charge in [0.05, 0.1) is 12.8 Å². The van der Waals surface area contributed by atoms with E-state index in [1.807, 2.05) is 12.1 Å². The summed E-state index contributed by atoms with van der Waals surface area (Å²) in [6.45, 7) is 4.15. The highest BCUT2D eigenvalue weighted by Gasteiger charge is 2.34. The predicted octanol–water partition coefficient (Wildman–Crippen LogP) is 2.94. The summed E-state index contributed by atoms with van der Waals surface area (Å²) in [5.41, 5.74) is 3.41. The molecule has 2 N–H and O–H groups in total. The zero-order chi connectivity index (χ0) is 14.5. The molecule has 2 aromatic rings. The van der Waals surface area contributed by atoms with Crippen LogP contribution in [0, 0.1) is 4.77 Å². The summed E-state index contributed by atoms with van der Waals surface area (Å²) in [7, 11) is 1.63. The van der Waals surface area contributed by atoms with E-state index in [9.17, 15) is 4.79 Å². The number of fused-ring (bicyclic) bond motifs is 3. The smallest absolute Gasteiger partial charge is 0.256 e. The third-order valence-corrected chi connectivity index (χ3v) is 4.04. The van der Waals surface area contributed by atoms with Crippen LogP contribution in [-0.2, 0) is 11.8 Å². The number of aromatic nitrogens is 2. The van der Waals surface area contributed by atoms with Crippen molar-refractivity contribution in [3.63, 3.8) is 0 Å². The summed E-state index contributed by atoms with van der Waals surface area (Å²) in [4.78, 5) is 18.1. The molecule has 20 heavy (non-hydrogen) atoms. The minimum absolute atomic E-state index is 0.109. The summed E-state index contributed by atoms with van der Waals surface area (Å²) in [5.74, 6) is 0.772. The quantitative estimate of drug-likeness (QED) is 0.793. The van der Waals surface area contributed by atoms with E-state index in [-0.39, 0.29) is 11.0 Å². The molecule has 0 atom stereocenters. The first-order valence-electron chi connectivity index (χ1n) is 6.47. The molecule has 0 radical (unpaired) electrons. The highest BCUT2D eigenvalue weighted by Crippen LogP contribution is 2.41. The number of ether oxygens (including phenoxy) is 1. The Hall–Kier alpha value is -1.88. The largest absolute Gasteiger partial charge is 0.497 e. The molecular weight excluding hydrogens is 272 g/mol. The average Bonchev–Trinajstić information content (AvgIpc) is 2.36. The Bertz CT molecular complexity index is 802. The molecule has 1 heterocycles. The number of hydrogen-bond acceptors (Lipinski definition) is 3. The van der Waals surface area contributed by atoms with E-state index < -0.39 is 0 Å². The van der Waals surface area contributed by atoms with E-state index in [2.05, 4.69) is 29.9 Å². The molecule has 0 aliphatic heterocycles. The molecule has 0 amide bonds. The van der Waals surface area contributed by atoms with E-state index in [1.54, 1.807) is 7.11 Å². The van der Waals surface area contributed by atoms with Crippen LogP contribution in [-0.4, -0.2) is 17.1 Å². The lowest BCUT2D eigenvalue weighted by atomic mass is 9.72. The second kappa shape index (κ2) is 4.31. The van der Waals surface area contributed by atoms with Crippen molar-refractivity contribution in [2.75, 3.05) is 7.11 Å². The molecule has 1 aliphatic carbocycles. The van der Waals surface area contributed by atoms with Gasteiger partial charge in [-0.3, -0.25) is 9.78 Å². The van der Waals surface area contributed by atoms with Gasteiger partial charge in [-0.05, 0) is 36.3 Å². The molecule has 5 heteroatoms. The minimum atomic E-state index is -0.232. The van der Waals surface area contributed by atoms with Gasteiger partial charge in [0.25, 0.3) is 5.56 Å². The Morgan fingerprint density at radius 2 is 2.05 bits per heavy atom. The summed E-state index contributed by atoms with van der Waals surface area (Å²) in [5, 5.41) is 0. The maximum atomic E-state index is 12.3. The molecule has 4 nitrogen and oxygen atoms in total. The van der Waals surface area contributed by atoms with Crippen LogP contribution >= 0.6 is 12.2 Å². The van der Waals surface area contributed by atoms with Crippen LogP contribution < -0.4 is 10.3 Å². The normalized spacial score (nSPS) is 15.3. The van der Waals surface area contributed by atoms with Crippen molar-refractivity contribution in [1.29, 1.82) is 0 Å². The minimum Gasteiger partial charge on any atom is -0.497 e. The van der Waals surface area contributed by atoms with Crippen LogP contribution in [0.4, 0.5) is 0 Å². The lowest BCUT2D eigenvalue weighted by Crippen LogP contribution is -2.34. The molecule has 0 unspecified atom stereocenters. The summed E-state index contributed by atoms with van der Waals surface area (Å²) >= 11 is 5.11. The van der Waals surface area contributed by atoms with E-state index >= 15 is 0 Å². The maximum absolute atomic E-state index is 12.3. The average molecular weight is 288 g/mol. The number of aromatic amines is 2. The van der Waals surface area contributed by atoms with Crippen LogP contribution in [0.1, 0.15) is 25.0 Å². The first-order valence-corrected chi connectivity index (χ1v) is 6.87. The van der Waals surface area contributed by atoms with Gasteiger partial charge in [0.1, 0.15) is 5.75 Å². The summed E-state index contributed by atoms with van der Waals surface area (Å²) in [6.07, 6.45) is 0.813. The molecule has 1 aromatic carbocycles. The molecule has 1 aromatic heterocycles. The topological polar surface area (TPSA) is 57.9 Å². The number of methoxy groups -OCH3 is 1. The fourth-order valence-corrected chi connectivity index (χ4v) is 3.16. The zero-order valence-electron chi connectivity index (χ0n) is 11.7. The lowest BCUT2D eigenvalue weighted by Gasteiger charge is -2.32. The number of H-pyrrole nitrogens is 2. The maximum Gasteiger partial charge on any atom is 0.256 e. The molecule has 0 spiro atoms. The Balaban J connectivity index is 2.40. The first kappa shape index (κ1) is 13.1. The third kappa shape index (κ3) is 1.89. The van der Waals surface area contributed by atoms with Crippen LogP contribution in [0.5, 0.6) is 5.75 Å². The molecule has 1 aliphatic rings. The van der Waals surface area contributed by atoms with Crippen LogP contribution in [0.25, 0.3) is 11.3 Å². The van der Waals surface area contributed by atoms with Gasteiger partial charge in [-0.25, -0.2) is 0 Å². The Morgan fingerprint density at radius 1 is 1.30 bits per heavy atom. The fourth-order valence-electron chi connectivity index (χ4n) is 2.97. The van der Waals surface area contributed by atoms with Gasteiger partial charge in [-0.15, -0.1) is 0 Å². The van der Waals surface area contributed by atoms with Crippen LogP contribution in [0.3, 0.4) is 0 Å². The zero-order valence-corrected chi connectivity index (χ0v) is 12.5.